The van der Waals surface area contributed by atoms with Crippen molar-refractivity contribution in [2.45, 2.75) is 13.0 Å². The molecule has 9 nitrogen and oxygen atoms in total. The lowest BCUT2D eigenvalue weighted by atomic mass is 10.2. The van der Waals surface area contributed by atoms with Crippen LogP contribution in [-0.4, -0.2) is 33.8 Å². The number of aromatic nitrogens is 2. The van der Waals surface area contributed by atoms with E-state index in [1.165, 1.54) is 10.9 Å². The molecule has 0 saturated heterocycles. The van der Waals surface area contributed by atoms with Crippen molar-refractivity contribution in [1.29, 1.82) is 0 Å². The smallest absolute Gasteiger partial charge is 0.306 e. The summed E-state index contributed by atoms with van der Waals surface area (Å²) in [5, 5.41) is 17.1. The van der Waals surface area contributed by atoms with E-state index in [1.54, 1.807) is 18.2 Å². The third-order valence-corrected chi connectivity index (χ3v) is 3.22. The number of hydrogen-bond donors (Lipinski definition) is 1. The molecule has 120 valence electrons. The Labute approximate surface area is 131 Å². The van der Waals surface area contributed by atoms with Gasteiger partial charge in [0.05, 0.1) is 4.92 Å². The van der Waals surface area contributed by atoms with Gasteiger partial charge >= 0.3 is 5.69 Å². The summed E-state index contributed by atoms with van der Waals surface area (Å²) in [7, 11) is 0. The summed E-state index contributed by atoms with van der Waals surface area (Å²) in [6.07, 6.45) is 2.59. The fourth-order valence-corrected chi connectivity index (χ4v) is 2.13. The van der Waals surface area contributed by atoms with E-state index in [9.17, 15) is 14.9 Å². The monoisotopic (exact) mass is 318 g/mol. The van der Waals surface area contributed by atoms with Gasteiger partial charge in [-0.15, -0.1) is 0 Å². The van der Waals surface area contributed by atoms with E-state index in [2.05, 4.69) is 10.4 Å². The van der Waals surface area contributed by atoms with Crippen molar-refractivity contribution in [1.82, 2.24) is 9.78 Å². The number of carbonyl (C=O) groups excluding carboxylic acids is 1. The highest BCUT2D eigenvalue weighted by Crippen LogP contribution is 2.32. The SMILES string of the molecule is O=C(CCn1cc([N+](=O)[O-])cn1)Nc1ccc2c(c1)OCCO2. The summed E-state index contributed by atoms with van der Waals surface area (Å²) in [4.78, 5) is 22.0. The van der Waals surface area contributed by atoms with Gasteiger partial charge in [0.25, 0.3) is 0 Å². The van der Waals surface area contributed by atoms with E-state index in [4.69, 9.17) is 9.47 Å². The average molecular weight is 318 g/mol. The third kappa shape index (κ3) is 3.57. The van der Waals surface area contributed by atoms with Gasteiger partial charge in [-0.1, -0.05) is 0 Å². The van der Waals surface area contributed by atoms with Crippen LogP contribution >= 0.6 is 0 Å². The minimum Gasteiger partial charge on any atom is -0.486 e. The summed E-state index contributed by atoms with van der Waals surface area (Å²) >= 11 is 0. The highest BCUT2D eigenvalue weighted by atomic mass is 16.6. The van der Waals surface area contributed by atoms with Crippen LogP contribution in [0.3, 0.4) is 0 Å². The molecule has 2 aromatic rings. The van der Waals surface area contributed by atoms with Gasteiger partial charge in [0.15, 0.2) is 11.5 Å². The molecule has 0 fully saturated rings. The predicted octanol–water partition coefficient (Wildman–Crippen LogP) is 1.59. The molecule has 3 rings (SSSR count). The molecule has 0 bridgehead atoms. The molecule has 0 spiro atoms. The van der Waals surface area contributed by atoms with Gasteiger partial charge < -0.3 is 14.8 Å². The minimum atomic E-state index is -0.529. The van der Waals surface area contributed by atoms with E-state index in [0.29, 0.717) is 30.4 Å². The highest BCUT2D eigenvalue weighted by Gasteiger charge is 2.13. The largest absolute Gasteiger partial charge is 0.486 e. The Morgan fingerprint density at radius 2 is 2.13 bits per heavy atom. The number of nitro groups is 1. The summed E-state index contributed by atoms with van der Waals surface area (Å²) < 4.78 is 12.2. The number of rotatable bonds is 5. The number of hydrogen-bond acceptors (Lipinski definition) is 6. The lowest BCUT2D eigenvalue weighted by Gasteiger charge is -2.19. The maximum absolute atomic E-state index is 11.9. The molecule has 1 N–H and O–H groups in total. The number of nitrogens with one attached hydrogen (secondary N) is 1. The molecule has 1 aromatic heterocycles. The first kappa shape index (κ1) is 14.8. The van der Waals surface area contributed by atoms with Crippen LogP contribution in [0.15, 0.2) is 30.6 Å². The molecule has 0 atom stereocenters. The number of ether oxygens (including phenoxy) is 2. The zero-order valence-corrected chi connectivity index (χ0v) is 12.1. The van der Waals surface area contributed by atoms with Crippen LogP contribution in [-0.2, 0) is 11.3 Å². The van der Waals surface area contributed by atoms with E-state index in [-0.39, 0.29) is 24.6 Å². The summed E-state index contributed by atoms with van der Waals surface area (Å²) in [5.74, 6) is 1.02. The van der Waals surface area contributed by atoms with Gasteiger partial charge in [0, 0.05) is 24.7 Å². The molecule has 23 heavy (non-hydrogen) atoms. The van der Waals surface area contributed by atoms with E-state index in [1.807, 2.05) is 0 Å². The highest BCUT2D eigenvalue weighted by molar-refractivity contribution is 5.91. The molecule has 2 heterocycles. The second-order valence-corrected chi connectivity index (χ2v) is 4.88. The van der Waals surface area contributed by atoms with Gasteiger partial charge in [-0.2, -0.15) is 5.10 Å². The van der Waals surface area contributed by atoms with Gasteiger partial charge in [-0.05, 0) is 12.1 Å². The first-order valence-corrected chi connectivity index (χ1v) is 6.98. The van der Waals surface area contributed by atoms with Crippen molar-refractivity contribution in [3.05, 3.63) is 40.7 Å². The molecule has 1 aliphatic rings. The Balaban J connectivity index is 1.55. The molecule has 0 unspecified atom stereocenters. The van der Waals surface area contributed by atoms with Crippen LogP contribution in [0.1, 0.15) is 6.42 Å². The second kappa shape index (κ2) is 6.34. The van der Waals surface area contributed by atoms with Gasteiger partial charge in [0.2, 0.25) is 5.91 Å². The standard InChI is InChI=1S/C14H14N4O5/c19-14(3-4-17-9-11(8-15-17)18(20)21)16-10-1-2-12-13(7-10)23-6-5-22-12/h1-2,7-9H,3-6H2,(H,16,19). The fourth-order valence-electron chi connectivity index (χ4n) is 2.13. The summed E-state index contributed by atoms with van der Waals surface area (Å²) in [6.45, 7) is 1.24. The molecule has 9 heteroatoms. The first-order valence-electron chi connectivity index (χ1n) is 6.98. The Morgan fingerprint density at radius 1 is 1.35 bits per heavy atom. The Bertz CT molecular complexity index is 743. The second-order valence-electron chi connectivity index (χ2n) is 4.88. The Hall–Kier alpha value is -3.10. The van der Waals surface area contributed by atoms with Crippen LogP contribution in [0.5, 0.6) is 11.5 Å². The molecule has 0 radical (unpaired) electrons. The predicted molar refractivity (Wildman–Crippen MR) is 79.6 cm³/mol. The maximum atomic E-state index is 11.9. The van der Waals surface area contributed by atoms with Crippen LogP contribution < -0.4 is 14.8 Å². The Kier molecular flexibility index (Phi) is 4.09. The molecular weight excluding hydrogens is 304 g/mol. The lowest BCUT2D eigenvalue weighted by Crippen LogP contribution is -2.17. The van der Waals surface area contributed by atoms with E-state index < -0.39 is 4.92 Å². The quantitative estimate of drug-likeness (QED) is 0.662. The maximum Gasteiger partial charge on any atom is 0.306 e. The molecule has 1 aliphatic heterocycles. The normalized spacial score (nSPS) is 12.7. The van der Waals surface area contributed by atoms with Crippen LogP contribution in [0, 0.1) is 10.1 Å². The van der Waals surface area contributed by atoms with Gasteiger partial charge in [-0.25, -0.2) is 0 Å². The zero-order valence-electron chi connectivity index (χ0n) is 12.1. The fraction of sp³-hybridized carbons (Fsp3) is 0.286. The van der Waals surface area contributed by atoms with E-state index in [0.717, 1.165) is 6.20 Å². The average Bonchev–Trinajstić information content (AvgIpc) is 3.02. The molecular formula is C14H14N4O5. The number of carbonyl (C=O) groups is 1. The van der Waals surface area contributed by atoms with Crippen LogP contribution in [0.2, 0.25) is 0 Å². The van der Waals surface area contributed by atoms with Crippen molar-refractivity contribution < 1.29 is 19.2 Å². The Morgan fingerprint density at radius 3 is 2.87 bits per heavy atom. The molecule has 1 aromatic carbocycles. The minimum absolute atomic E-state index is 0.0998. The molecule has 1 amide bonds. The molecule has 0 aliphatic carbocycles. The lowest BCUT2D eigenvalue weighted by molar-refractivity contribution is -0.385. The van der Waals surface area contributed by atoms with Crippen molar-refractivity contribution in [2.24, 2.45) is 0 Å². The van der Waals surface area contributed by atoms with Crippen molar-refractivity contribution in [2.75, 3.05) is 18.5 Å². The first-order chi connectivity index (χ1) is 11.1. The number of anilines is 1. The van der Waals surface area contributed by atoms with Crippen molar-refractivity contribution >= 4 is 17.3 Å². The molecule has 0 saturated carbocycles. The topological polar surface area (TPSA) is 109 Å². The van der Waals surface area contributed by atoms with Crippen molar-refractivity contribution in [3.63, 3.8) is 0 Å². The van der Waals surface area contributed by atoms with Crippen molar-refractivity contribution in [3.8, 4) is 11.5 Å². The number of nitrogens with zero attached hydrogens (tertiary/aromatic N) is 3. The summed E-state index contributed by atoms with van der Waals surface area (Å²) in [5.41, 5.74) is 0.503. The number of amides is 1. The van der Waals surface area contributed by atoms with Crippen LogP contribution in [0.4, 0.5) is 11.4 Å². The van der Waals surface area contributed by atoms with Gasteiger partial charge in [0.1, 0.15) is 25.6 Å². The number of fused-ring (bicyclic) bond motifs is 1. The third-order valence-electron chi connectivity index (χ3n) is 3.22. The zero-order chi connectivity index (χ0) is 16.2. The number of aryl methyl sites for hydroxylation is 1. The van der Waals surface area contributed by atoms with Gasteiger partial charge in [-0.3, -0.25) is 19.6 Å². The summed E-state index contributed by atoms with van der Waals surface area (Å²) in [6, 6.07) is 5.16. The number of benzene rings is 1. The van der Waals surface area contributed by atoms with Crippen LogP contribution in [0.25, 0.3) is 0 Å². The van der Waals surface area contributed by atoms with E-state index >= 15 is 0 Å².